The monoisotopic (exact) mass is 349 g/mol. The van der Waals surface area contributed by atoms with Crippen molar-refractivity contribution in [2.24, 2.45) is 0 Å². The summed E-state index contributed by atoms with van der Waals surface area (Å²) < 4.78 is 18.7. The third-order valence-corrected chi connectivity index (χ3v) is 4.66. The molecule has 128 valence electrons. The van der Waals surface area contributed by atoms with E-state index in [1.165, 1.54) is 7.11 Å². The summed E-state index contributed by atoms with van der Waals surface area (Å²) in [7, 11) is 1.48. The Labute approximate surface area is 146 Å². The standard InChI is InChI=1S/C18H21ClFN3O/c1-24-17-5-4-14(11-16(17)20)12-22-7-9-23(10-8-22)13-15-3-2-6-21-18(15)19/h2-6,11H,7-10,12-13H2,1H3. The predicted octanol–water partition coefficient (Wildman–Crippen LogP) is 3.20. The summed E-state index contributed by atoms with van der Waals surface area (Å²) in [6.45, 7) is 5.39. The molecule has 3 rings (SSSR count). The normalized spacial score (nSPS) is 16.3. The first-order valence-corrected chi connectivity index (χ1v) is 8.40. The van der Waals surface area contributed by atoms with Crippen LogP contribution in [0.2, 0.25) is 5.15 Å². The molecule has 2 heterocycles. The zero-order valence-electron chi connectivity index (χ0n) is 13.7. The molecular formula is C18H21ClFN3O. The maximum atomic E-state index is 13.8. The number of hydrogen-bond acceptors (Lipinski definition) is 4. The highest BCUT2D eigenvalue weighted by Gasteiger charge is 2.18. The van der Waals surface area contributed by atoms with Gasteiger partial charge in [-0.2, -0.15) is 0 Å². The van der Waals surface area contributed by atoms with Crippen molar-refractivity contribution in [1.29, 1.82) is 0 Å². The minimum atomic E-state index is -0.306. The molecule has 0 bridgehead atoms. The zero-order valence-corrected chi connectivity index (χ0v) is 14.5. The number of pyridine rings is 1. The van der Waals surface area contributed by atoms with E-state index < -0.39 is 0 Å². The molecule has 2 aromatic rings. The second-order valence-electron chi connectivity index (χ2n) is 5.97. The van der Waals surface area contributed by atoms with Crippen LogP contribution >= 0.6 is 11.6 Å². The van der Waals surface area contributed by atoms with Crippen molar-refractivity contribution in [2.75, 3.05) is 33.3 Å². The first-order valence-electron chi connectivity index (χ1n) is 8.02. The Balaban J connectivity index is 1.52. The fraction of sp³-hybridized carbons (Fsp3) is 0.389. The van der Waals surface area contributed by atoms with Crippen molar-refractivity contribution in [2.45, 2.75) is 13.1 Å². The Hall–Kier alpha value is -1.69. The minimum Gasteiger partial charge on any atom is -0.494 e. The highest BCUT2D eigenvalue weighted by Crippen LogP contribution is 2.20. The summed E-state index contributed by atoms with van der Waals surface area (Å²) in [5, 5.41) is 0.577. The van der Waals surface area contributed by atoms with E-state index in [1.54, 1.807) is 18.3 Å². The molecule has 1 saturated heterocycles. The van der Waals surface area contributed by atoms with Crippen molar-refractivity contribution >= 4 is 11.6 Å². The number of benzene rings is 1. The van der Waals surface area contributed by atoms with Crippen molar-refractivity contribution in [3.05, 3.63) is 58.6 Å². The first-order chi connectivity index (χ1) is 11.7. The lowest BCUT2D eigenvalue weighted by atomic mass is 10.1. The Morgan fingerprint density at radius 3 is 2.46 bits per heavy atom. The molecule has 0 unspecified atom stereocenters. The summed E-state index contributed by atoms with van der Waals surface area (Å²) in [5.41, 5.74) is 2.03. The molecule has 1 aromatic heterocycles. The first kappa shape index (κ1) is 17.1. The number of aromatic nitrogens is 1. The number of nitrogens with zero attached hydrogens (tertiary/aromatic N) is 3. The Morgan fingerprint density at radius 2 is 1.83 bits per heavy atom. The smallest absolute Gasteiger partial charge is 0.165 e. The maximum Gasteiger partial charge on any atom is 0.165 e. The summed E-state index contributed by atoms with van der Waals surface area (Å²) in [4.78, 5) is 8.83. The molecular weight excluding hydrogens is 329 g/mol. The molecule has 0 radical (unpaired) electrons. The summed E-state index contributed by atoms with van der Waals surface area (Å²) in [6, 6.07) is 9.09. The molecule has 1 aliphatic rings. The summed E-state index contributed by atoms with van der Waals surface area (Å²) in [6.07, 6.45) is 1.71. The number of hydrogen-bond donors (Lipinski definition) is 0. The summed E-state index contributed by atoms with van der Waals surface area (Å²) in [5.74, 6) is -0.0169. The molecule has 0 N–H and O–H groups in total. The molecule has 1 aromatic carbocycles. The minimum absolute atomic E-state index is 0.289. The molecule has 1 aliphatic heterocycles. The molecule has 0 atom stereocenters. The van der Waals surface area contributed by atoms with Crippen LogP contribution in [0.3, 0.4) is 0 Å². The molecule has 0 aliphatic carbocycles. The largest absolute Gasteiger partial charge is 0.494 e. The Kier molecular flexibility index (Phi) is 5.66. The van der Waals surface area contributed by atoms with Crippen molar-refractivity contribution < 1.29 is 9.13 Å². The second kappa shape index (κ2) is 7.92. The lowest BCUT2D eigenvalue weighted by molar-refractivity contribution is 0.122. The lowest BCUT2D eigenvalue weighted by Crippen LogP contribution is -2.45. The van der Waals surface area contributed by atoms with Crippen LogP contribution in [0.4, 0.5) is 4.39 Å². The van der Waals surface area contributed by atoms with E-state index in [-0.39, 0.29) is 11.6 Å². The van der Waals surface area contributed by atoms with E-state index in [0.717, 1.165) is 50.4 Å². The molecule has 24 heavy (non-hydrogen) atoms. The highest BCUT2D eigenvalue weighted by molar-refractivity contribution is 6.30. The van der Waals surface area contributed by atoms with Crippen LogP contribution in [0.25, 0.3) is 0 Å². The lowest BCUT2D eigenvalue weighted by Gasteiger charge is -2.34. The third kappa shape index (κ3) is 4.23. The van der Waals surface area contributed by atoms with Crippen LogP contribution in [-0.4, -0.2) is 48.1 Å². The van der Waals surface area contributed by atoms with Gasteiger partial charge in [0.2, 0.25) is 0 Å². The predicted molar refractivity (Wildman–Crippen MR) is 92.8 cm³/mol. The summed E-state index contributed by atoms with van der Waals surface area (Å²) >= 11 is 6.13. The average molecular weight is 350 g/mol. The van der Waals surface area contributed by atoms with Gasteiger partial charge in [-0.15, -0.1) is 0 Å². The second-order valence-corrected chi connectivity index (χ2v) is 6.33. The molecule has 0 amide bonds. The van der Waals surface area contributed by atoms with Gasteiger partial charge in [-0.3, -0.25) is 9.80 Å². The van der Waals surface area contributed by atoms with Gasteiger partial charge >= 0.3 is 0 Å². The number of ether oxygens (including phenoxy) is 1. The molecule has 0 spiro atoms. The van der Waals surface area contributed by atoms with Gasteiger partial charge in [0.1, 0.15) is 5.15 Å². The van der Waals surface area contributed by atoms with E-state index in [0.29, 0.717) is 5.15 Å². The van der Waals surface area contributed by atoms with Gasteiger partial charge in [0.25, 0.3) is 0 Å². The van der Waals surface area contributed by atoms with Gasteiger partial charge in [-0.1, -0.05) is 23.7 Å². The van der Waals surface area contributed by atoms with Crippen LogP contribution in [0.1, 0.15) is 11.1 Å². The van der Waals surface area contributed by atoms with E-state index in [2.05, 4.69) is 14.8 Å². The number of halogens is 2. The van der Waals surface area contributed by atoms with Crippen molar-refractivity contribution in [1.82, 2.24) is 14.8 Å². The molecule has 0 saturated carbocycles. The van der Waals surface area contributed by atoms with Crippen molar-refractivity contribution in [3.8, 4) is 5.75 Å². The van der Waals surface area contributed by atoms with Crippen LogP contribution in [-0.2, 0) is 13.1 Å². The Morgan fingerprint density at radius 1 is 1.12 bits per heavy atom. The molecule has 4 nitrogen and oxygen atoms in total. The van der Waals surface area contributed by atoms with Gasteiger partial charge in [0, 0.05) is 51.0 Å². The third-order valence-electron chi connectivity index (χ3n) is 4.32. The van der Waals surface area contributed by atoms with Crippen molar-refractivity contribution in [3.63, 3.8) is 0 Å². The van der Waals surface area contributed by atoms with Gasteiger partial charge < -0.3 is 4.74 Å². The highest BCUT2D eigenvalue weighted by atomic mass is 35.5. The quantitative estimate of drug-likeness (QED) is 0.775. The van der Waals surface area contributed by atoms with Gasteiger partial charge in [0.15, 0.2) is 11.6 Å². The van der Waals surface area contributed by atoms with Gasteiger partial charge in [0.05, 0.1) is 7.11 Å². The van der Waals surface area contributed by atoms with E-state index >= 15 is 0 Å². The van der Waals surface area contributed by atoms with E-state index in [4.69, 9.17) is 16.3 Å². The van der Waals surface area contributed by atoms with Gasteiger partial charge in [-0.05, 0) is 23.8 Å². The van der Waals surface area contributed by atoms with Gasteiger partial charge in [-0.25, -0.2) is 9.37 Å². The maximum absolute atomic E-state index is 13.8. The molecule has 6 heteroatoms. The van der Waals surface area contributed by atoms with E-state index in [1.807, 2.05) is 18.2 Å². The van der Waals surface area contributed by atoms with Crippen LogP contribution in [0.15, 0.2) is 36.5 Å². The van der Waals surface area contributed by atoms with Crippen LogP contribution in [0, 0.1) is 5.82 Å². The van der Waals surface area contributed by atoms with E-state index in [9.17, 15) is 4.39 Å². The number of rotatable bonds is 5. The fourth-order valence-electron chi connectivity index (χ4n) is 2.95. The average Bonchev–Trinajstić information content (AvgIpc) is 2.59. The van der Waals surface area contributed by atoms with Crippen LogP contribution in [0.5, 0.6) is 5.75 Å². The fourth-order valence-corrected chi connectivity index (χ4v) is 3.13. The molecule has 1 fully saturated rings. The Bertz CT molecular complexity index is 690. The SMILES string of the molecule is COc1ccc(CN2CCN(Cc3cccnc3Cl)CC2)cc1F. The number of piperazine rings is 1. The van der Waals surface area contributed by atoms with Crippen LogP contribution < -0.4 is 4.74 Å². The number of methoxy groups -OCH3 is 1. The zero-order chi connectivity index (χ0) is 16.9. The topological polar surface area (TPSA) is 28.6 Å².